The molecule has 2 rings (SSSR count). The molecule has 1 aromatic carbocycles. The van der Waals surface area contributed by atoms with Crippen molar-refractivity contribution in [3.63, 3.8) is 0 Å². The fourth-order valence-corrected chi connectivity index (χ4v) is 2.28. The molecule has 2 amide bonds. The Hall–Kier alpha value is -2.28. The monoisotopic (exact) mass is 365 g/mol. The third-order valence-corrected chi connectivity index (χ3v) is 3.34. The van der Waals surface area contributed by atoms with Gasteiger partial charge in [-0.1, -0.05) is 17.7 Å². The van der Waals surface area contributed by atoms with Crippen molar-refractivity contribution in [2.45, 2.75) is 6.92 Å². The maximum atomic E-state index is 11.9. The molecule has 6 nitrogen and oxygen atoms in total. The number of ether oxygens (including phenoxy) is 1. The number of amides is 2. The Morgan fingerprint density at radius 3 is 2.50 bits per heavy atom. The SMILES string of the molecule is Cc1ccc(OCC(=O)NNC(=O)c2cc(Br)cn2C)cc1. The summed E-state index contributed by atoms with van der Waals surface area (Å²) in [6, 6.07) is 9.00. The molecule has 0 spiro atoms. The van der Waals surface area contributed by atoms with Gasteiger partial charge in [-0.2, -0.15) is 0 Å². The molecule has 22 heavy (non-hydrogen) atoms. The highest BCUT2D eigenvalue weighted by molar-refractivity contribution is 9.10. The Balaban J connectivity index is 1.79. The van der Waals surface area contributed by atoms with Crippen LogP contribution < -0.4 is 15.6 Å². The van der Waals surface area contributed by atoms with E-state index in [4.69, 9.17) is 4.74 Å². The molecule has 0 bridgehead atoms. The first-order valence-electron chi connectivity index (χ1n) is 6.56. The number of halogens is 1. The minimum absolute atomic E-state index is 0.180. The van der Waals surface area contributed by atoms with Crippen LogP contribution in [0.1, 0.15) is 16.1 Å². The van der Waals surface area contributed by atoms with Crippen molar-refractivity contribution in [3.8, 4) is 5.75 Å². The van der Waals surface area contributed by atoms with Gasteiger partial charge in [0.05, 0.1) is 0 Å². The summed E-state index contributed by atoms with van der Waals surface area (Å²) in [4.78, 5) is 23.5. The highest BCUT2D eigenvalue weighted by atomic mass is 79.9. The summed E-state index contributed by atoms with van der Waals surface area (Å²) in [6.07, 6.45) is 1.75. The Labute approximate surface area is 136 Å². The lowest BCUT2D eigenvalue weighted by molar-refractivity contribution is -0.123. The van der Waals surface area contributed by atoms with Gasteiger partial charge in [-0.25, -0.2) is 0 Å². The van der Waals surface area contributed by atoms with Crippen LogP contribution in [-0.2, 0) is 11.8 Å². The molecule has 0 saturated heterocycles. The molecule has 1 heterocycles. The van der Waals surface area contributed by atoms with Gasteiger partial charge in [-0.15, -0.1) is 0 Å². The predicted molar refractivity (Wildman–Crippen MR) is 85.4 cm³/mol. The van der Waals surface area contributed by atoms with Crippen LogP contribution in [0.3, 0.4) is 0 Å². The smallest absolute Gasteiger partial charge is 0.286 e. The zero-order valence-corrected chi connectivity index (χ0v) is 13.8. The van der Waals surface area contributed by atoms with E-state index in [1.807, 2.05) is 19.1 Å². The van der Waals surface area contributed by atoms with Crippen molar-refractivity contribution in [1.29, 1.82) is 0 Å². The third kappa shape index (κ3) is 4.36. The molecular weight excluding hydrogens is 350 g/mol. The molecule has 7 heteroatoms. The fourth-order valence-electron chi connectivity index (χ4n) is 1.76. The van der Waals surface area contributed by atoms with E-state index >= 15 is 0 Å². The largest absolute Gasteiger partial charge is 0.484 e. The zero-order chi connectivity index (χ0) is 16.1. The Bertz CT molecular complexity index is 680. The number of hydrogen-bond donors (Lipinski definition) is 2. The number of nitrogens with zero attached hydrogens (tertiary/aromatic N) is 1. The molecule has 116 valence electrons. The number of benzene rings is 1. The quantitative estimate of drug-likeness (QED) is 0.813. The minimum atomic E-state index is -0.442. The molecule has 0 aliphatic heterocycles. The molecule has 2 aromatic rings. The fraction of sp³-hybridized carbons (Fsp3) is 0.200. The van der Waals surface area contributed by atoms with Gasteiger partial charge < -0.3 is 9.30 Å². The summed E-state index contributed by atoms with van der Waals surface area (Å²) in [5, 5.41) is 0. The second-order valence-electron chi connectivity index (χ2n) is 4.76. The number of carbonyl (C=O) groups is 2. The van der Waals surface area contributed by atoms with Crippen LogP contribution in [0.2, 0.25) is 0 Å². The second-order valence-corrected chi connectivity index (χ2v) is 5.67. The number of nitrogens with one attached hydrogen (secondary N) is 2. The van der Waals surface area contributed by atoms with Crippen LogP contribution in [-0.4, -0.2) is 23.0 Å². The highest BCUT2D eigenvalue weighted by Crippen LogP contribution is 2.13. The van der Waals surface area contributed by atoms with Crippen molar-refractivity contribution in [2.24, 2.45) is 7.05 Å². The summed E-state index contributed by atoms with van der Waals surface area (Å²) in [6.45, 7) is 1.79. The van der Waals surface area contributed by atoms with Crippen molar-refractivity contribution >= 4 is 27.7 Å². The normalized spacial score (nSPS) is 10.1. The summed E-state index contributed by atoms with van der Waals surface area (Å²) in [7, 11) is 1.74. The van der Waals surface area contributed by atoms with Crippen molar-refractivity contribution in [3.05, 3.63) is 52.3 Å². The predicted octanol–water partition coefficient (Wildman–Crippen LogP) is 1.94. The Morgan fingerprint density at radius 1 is 1.23 bits per heavy atom. The average molecular weight is 366 g/mol. The molecule has 0 saturated carbocycles. The highest BCUT2D eigenvalue weighted by Gasteiger charge is 2.12. The molecule has 0 atom stereocenters. The number of carbonyl (C=O) groups excluding carboxylic acids is 2. The van der Waals surface area contributed by atoms with E-state index in [9.17, 15) is 9.59 Å². The molecular formula is C15H16BrN3O3. The van der Waals surface area contributed by atoms with Crippen LogP contribution in [0.4, 0.5) is 0 Å². The Kier molecular flexibility index (Phi) is 5.21. The van der Waals surface area contributed by atoms with Gasteiger partial charge in [0.15, 0.2) is 6.61 Å². The summed E-state index contributed by atoms with van der Waals surface area (Å²) in [5.41, 5.74) is 6.18. The first-order valence-corrected chi connectivity index (χ1v) is 7.35. The maximum absolute atomic E-state index is 11.9. The summed E-state index contributed by atoms with van der Waals surface area (Å²) < 4.78 is 7.75. The standard InChI is InChI=1S/C15H16BrN3O3/c1-10-3-5-12(6-4-10)22-9-14(20)17-18-15(21)13-7-11(16)8-19(13)2/h3-8H,9H2,1-2H3,(H,17,20)(H,18,21). The number of aryl methyl sites for hydroxylation is 2. The van der Waals surface area contributed by atoms with Crippen LogP contribution >= 0.6 is 15.9 Å². The Morgan fingerprint density at radius 2 is 1.91 bits per heavy atom. The summed E-state index contributed by atoms with van der Waals surface area (Å²) >= 11 is 3.28. The van der Waals surface area contributed by atoms with E-state index in [1.165, 1.54) is 0 Å². The van der Waals surface area contributed by atoms with E-state index in [0.29, 0.717) is 11.4 Å². The molecule has 0 aliphatic rings. The molecule has 0 unspecified atom stereocenters. The first kappa shape index (κ1) is 16.1. The van der Waals surface area contributed by atoms with Crippen LogP contribution in [0.15, 0.2) is 41.0 Å². The lowest BCUT2D eigenvalue weighted by Crippen LogP contribution is -2.44. The average Bonchev–Trinajstić information content (AvgIpc) is 2.83. The van der Waals surface area contributed by atoms with Crippen LogP contribution in [0.25, 0.3) is 0 Å². The van der Waals surface area contributed by atoms with Gasteiger partial charge in [0, 0.05) is 17.7 Å². The van der Waals surface area contributed by atoms with Gasteiger partial charge in [-0.05, 0) is 41.1 Å². The number of hydrogen-bond acceptors (Lipinski definition) is 3. The van der Waals surface area contributed by atoms with Gasteiger partial charge in [0.1, 0.15) is 11.4 Å². The van der Waals surface area contributed by atoms with Crippen molar-refractivity contribution in [2.75, 3.05) is 6.61 Å². The van der Waals surface area contributed by atoms with Crippen molar-refractivity contribution < 1.29 is 14.3 Å². The topological polar surface area (TPSA) is 72.4 Å². The van der Waals surface area contributed by atoms with Gasteiger partial charge in [-0.3, -0.25) is 20.4 Å². The van der Waals surface area contributed by atoms with Crippen LogP contribution in [0, 0.1) is 6.92 Å². The number of aromatic nitrogens is 1. The molecule has 2 N–H and O–H groups in total. The first-order chi connectivity index (χ1) is 10.5. The zero-order valence-electron chi connectivity index (χ0n) is 12.2. The van der Waals surface area contributed by atoms with E-state index in [-0.39, 0.29) is 6.61 Å². The molecule has 0 fully saturated rings. The van der Waals surface area contributed by atoms with Crippen LogP contribution in [0.5, 0.6) is 5.75 Å². The lowest BCUT2D eigenvalue weighted by Gasteiger charge is -2.09. The third-order valence-electron chi connectivity index (χ3n) is 2.91. The van der Waals surface area contributed by atoms with E-state index in [1.54, 1.807) is 36.0 Å². The minimum Gasteiger partial charge on any atom is -0.484 e. The van der Waals surface area contributed by atoms with E-state index in [2.05, 4.69) is 26.8 Å². The molecule has 0 aliphatic carbocycles. The van der Waals surface area contributed by atoms with Gasteiger partial charge in [0.25, 0.3) is 11.8 Å². The maximum Gasteiger partial charge on any atom is 0.286 e. The van der Waals surface area contributed by atoms with Gasteiger partial charge >= 0.3 is 0 Å². The molecule has 0 radical (unpaired) electrons. The van der Waals surface area contributed by atoms with E-state index < -0.39 is 11.8 Å². The number of hydrazine groups is 1. The molecule has 1 aromatic heterocycles. The lowest BCUT2D eigenvalue weighted by atomic mass is 10.2. The van der Waals surface area contributed by atoms with Crippen molar-refractivity contribution in [1.82, 2.24) is 15.4 Å². The second kappa shape index (κ2) is 7.13. The summed E-state index contributed by atoms with van der Waals surface area (Å²) in [5.74, 6) is -0.252. The van der Waals surface area contributed by atoms with E-state index in [0.717, 1.165) is 10.0 Å². The van der Waals surface area contributed by atoms with Gasteiger partial charge in [0.2, 0.25) is 0 Å². The number of rotatable bonds is 4.